The molecule has 0 aliphatic carbocycles. The Morgan fingerprint density at radius 2 is 2.03 bits per heavy atom. The number of hydrogen-bond donors (Lipinski definition) is 2. The van der Waals surface area contributed by atoms with E-state index in [9.17, 15) is 9.90 Å². The zero-order valence-corrected chi connectivity index (χ0v) is 17.4. The van der Waals surface area contributed by atoms with Gasteiger partial charge >= 0.3 is 0 Å². The Hall–Kier alpha value is -2.08. The highest BCUT2D eigenvalue weighted by molar-refractivity contribution is 6.31. The van der Waals surface area contributed by atoms with Crippen LogP contribution in [0, 0.1) is 5.92 Å². The maximum Gasteiger partial charge on any atom is 0.224 e. The minimum atomic E-state index is -0.231. The summed E-state index contributed by atoms with van der Waals surface area (Å²) in [5.74, 6) is -0.0747. The van der Waals surface area contributed by atoms with Crippen molar-refractivity contribution in [3.63, 3.8) is 0 Å². The number of halogens is 1. The number of nitrogens with one attached hydrogen (secondary N) is 1. The van der Waals surface area contributed by atoms with E-state index in [1.54, 1.807) is 25.2 Å². The van der Waals surface area contributed by atoms with Gasteiger partial charge in [0.15, 0.2) is 0 Å². The Morgan fingerprint density at radius 3 is 2.79 bits per heavy atom. The average Bonchev–Trinajstić information content (AvgIpc) is 3.09. The Bertz CT molecular complexity index is 893. The molecule has 1 atom stereocenters. The third-order valence-electron chi connectivity index (χ3n) is 6.27. The van der Waals surface area contributed by atoms with Crippen LogP contribution >= 0.6 is 11.6 Å². The molecule has 2 N–H and O–H groups in total. The first-order valence-electron chi connectivity index (χ1n) is 10.1. The maximum absolute atomic E-state index is 12.5. The van der Waals surface area contributed by atoms with E-state index in [4.69, 9.17) is 16.3 Å². The molecule has 2 heterocycles. The van der Waals surface area contributed by atoms with Crippen LogP contribution in [0.3, 0.4) is 0 Å². The van der Waals surface area contributed by atoms with Crippen LogP contribution in [0.5, 0.6) is 5.75 Å². The van der Waals surface area contributed by atoms with Gasteiger partial charge in [-0.3, -0.25) is 4.79 Å². The first kappa shape index (κ1) is 20.2. The van der Waals surface area contributed by atoms with Crippen molar-refractivity contribution < 1.29 is 14.6 Å². The summed E-state index contributed by atoms with van der Waals surface area (Å²) in [6, 6.07) is 13.4. The fraction of sp³-hybridized carbons (Fsp3) is 0.435. The van der Waals surface area contributed by atoms with Crippen LogP contribution in [-0.2, 0) is 28.2 Å². The summed E-state index contributed by atoms with van der Waals surface area (Å²) in [6.07, 6.45) is 2.35. The van der Waals surface area contributed by atoms with Gasteiger partial charge in [-0.15, -0.1) is 0 Å². The van der Waals surface area contributed by atoms with Crippen LogP contribution in [0.4, 0.5) is 0 Å². The summed E-state index contributed by atoms with van der Waals surface area (Å²) in [7, 11) is 1.66. The lowest BCUT2D eigenvalue weighted by molar-refractivity contribution is -0.126. The van der Waals surface area contributed by atoms with Gasteiger partial charge in [-0.05, 0) is 54.2 Å². The number of rotatable bonds is 5. The highest BCUT2D eigenvalue weighted by atomic mass is 35.5. The number of piperidine rings is 1. The monoisotopic (exact) mass is 414 g/mol. The number of carbonyl (C=O) groups is 1. The zero-order valence-electron chi connectivity index (χ0n) is 16.7. The van der Waals surface area contributed by atoms with E-state index in [1.165, 1.54) is 11.1 Å². The number of nitrogens with zero attached hydrogens (tertiary/aromatic N) is 1. The molecular formula is C23H27ClN2O3. The Balaban J connectivity index is 1.43. The predicted octanol–water partition coefficient (Wildman–Crippen LogP) is 3.47. The summed E-state index contributed by atoms with van der Waals surface area (Å²) < 4.78 is 6.25. The number of amides is 1. The molecular weight excluding hydrogens is 388 g/mol. The van der Waals surface area contributed by atoms with Gasteiger partial charge in [-0.25, -0.2) is 0 Å². The molecule has 2 aromatic rings. The standard InChI is InChI=1S/C23H27ClN2O3/c1-25-22(28)18(12-17-13-19(27)6-7-21(17)24)14-26-10-8-23(9-11-26)20-5-3-2-4-16(20)15-29-23/h2-7,13,18,27H,8-12,14-15H2,1H3,(H,25,28). The molecule has 2 aliphatic rings. The molecule has 29 heavy (non-hydrogen) atoms. The number of likely N-dealkylation sites (tertiary alicyclic amines) is 1. The lowest BCUT2D eigenvalue weighted by Gasteiger charge is -2.40. The molecule has 4 rings (SSSR count). The summed E-state index contributed by atoms with van der Waals surface area (Å²) >= 11 is 6.29. The third kappa shape index (κ3) is 4.13. The molecule has 1 unspecified atom stereocenters. The Labute approximate surface area is 176 Å². The number of carbonyl (C=O) groups excluding carboxylic acids is 1. The van der Waals surface area contributed by atoms with Crippen LogP contribution in [-0.4, -0.2) is 42.6 Å². The summed E-state index contributed by atoms with van der Waals surface area (Å²) in [5, 5.41) is 13.1. The minimum absolute atomic E-state index is 0.00726. The number of phenols is 1. The zero-order chi connectivity index (χ0) is 20.4. The lowest BCUT2D eigenvalue weighted by Crippen LogP contribution is -2.46. The van der Waals surface area contributed by atoms with E-state index in [-0.39, 0.29) is 23.2 Å². The molecule has 0 saturated carbocycles. The van der Waals surface area contributed by atoms with Crippen molar-refractivity contribution in [1.29, 1.82) is 0 Å². The van der Waals surface area contributed by atoms with Gasteiger partial charge in [-0.2, -0.15) is 0 Å². The van der Waals surface area contributed by atoms with E-state index in [1.807, 2.05) is 0 Å². The summed E-state index contributed by atoms with van der Waals surface area (Å²) in [4.78, 5) is 14.9. The van der Waals surface area contributed by atoms with Crippen LogP contribution in [0.2, 0.25) is 5.02 Å². The lowest BCUT2D eigenvalue weighted by atomic mass is 9.83. The molecule has 2 aromatic carbocycles. The van der Waals surface area contributed by atoms with Gasteiger partial charge in [0.25, 0.3) is 0 Å². The second-order valence-corrected chi connectivity index (χ2v) is 8.44. The molecule has 154 valence electrons. The average molecular weight is 415 g/mol. The minimum Gasteiger partial charge on any atom is -0.508 e. The van der Waals surface area contributed by atoms with Crippen molar-refractivity contribution in [2.75, 3.05) is 26.7 Å². The van der Waals surface area contributed by atoms with E-state index >= 15 is 0 Å². The second kappa shape index (κ2) is 8.34. The van der Waals surface area contributed by atoms with Gasteiger partial charge in [0.05, 0.1) is 18.1 Å². The van der Waals surface area contributed by atoms with Crippen molar-refractivity contribution in [3.05, 3.63) is 64.2 Å². The SMILES string of the molecule is CNC(=O)C(Cc1cc(O)ccc1Cl)CN1CCC2(CC1)OCc1ccccc12. The van der Waals surface area contributed by atoms with Crippen molar-refractivity contribution in [1.82, 2.24) is 10.2 Å². The van der Waals surface area contributed by atoms with Gasteiger partial charge in [0.1, 0.15) is 5.75 Å². The normalized spacial score (nSPS) is 19.1. The quantitative estimate of drug-likeness (QED) is 0.786. The molecule has 1 spiro atoms. The molecule has 6 heteroatoms. The van der Waals surface area contributed by atoms with E-state index < -0.39 is 0 Å². The van der Waals surface area contributed by atoms with E-state index in [0.29, 0.717) is 24.6 Å². The number of ether oxygens (including phenoxy) is 1. The maximum atomic E-state index is 12.5. The molecule has 0 bridgehead atoms. The molecule has 0 aromatic heterocycles. The fourth-order valence-corrected chi connectivity index (χ4v) is 4.83. The van der Waals surface area contributed by atoms with Gasteiger partial charge in [-0.1, -0.05) is 35.9 Å². The second-order valence-electron chi connectivity index (χ2n) is 8.03. The van der Waals surface area contributed by atoms with E-state index in [0.717, 1.165) is 31.5 Å². The van der Waals surface area contributed by atoms with Crippen LogP contribution in [0.1, 0.15) is 29.5 Å². The van der Waals surface area contributed by atoms with Crippen molar-refractivity contribution in [2.45, 2.75) is 31.5 Å². The summed E-state index contributed by atoms with van der Waals surface area (Å²) in [6.45, 7) is 3.11. The smallest absolute Gasteiger partial charge is 0.224 e. The number of hydrogen-bond acceptors (Lipinski definition) is 4. The topological polar surface area (TPSA) is 61.8 Å². The van der Waals surface area contributed by atoms with Crippen molar-refractivity contribution >= 4 is 17.5 Å². The van der Waals surface area contributed by atoms with Gasteiger partial charge < -0.3 is 20.1 Å². The number of benzene rings is 2. The molecule has 5 nitrogen and oxygen atoms in total. The fourth-order valence-electron chi connectivity index (χ4n) is 4.63. The third-order valence-corrected chi connectivity index (χ3v) is 6.64. The predicted molar refractivity (Wildman–Crippen MR) is 113 cm³/mol. The van der Waals surface area contributed by atoms with Gasteiger partial charge in [0.2, 0.25) is 5.91 Å². The van der Waals surface area contributed by atoms with Crippen LogP contribution in [0.15, 0.2) is 42.5 Å². The number of aromatic hydroxyl groups is 1. The Kier molecular flexibility index (Phi) is 5.81. The van der Waals surface area contributed by atoms with Crippen molar-refractivity contribution in [3.8, 4) is 5.75 Å². The molecule has 1 saturated heterocycles. The van der Waals surface area contributed by atoms with Gasteiger partial charge in [0, 0.05) is 31.7 Å². The molecule has 0 radical (unpaired) electrons. The molecule has 2 aliphatic heterocycles. The number of fused-ring (bicyclic) bond motifs is 2. The van der Waals surface area contributed by atoms with Crippen molar-refractivity contribution in [2.24, 2.45) is 5.92 Å². The van der Waals surface area contributed by atoms with Crippen LogP contribution < -0.4 is 5.32 Å². The van der Waals surface area contributed by atoms with Crippen LogP contribution in [0.25, 0.3) is 0 Å². The summed E-state index contributed by atoms with van der Waals surface area (Å²) in [5.41, 5.74) is 3.24. The highest BCUT2D eigenvalue weighted by Crippen LogP contribution is 2.44. The highest BCUT2D eigenvalue weighted by Gasteiger charge is 2.42. The first-order valence-corrected chi connectivity index (χ1v) is 10.5. The largest absolute Gasteiger partial charge is 0.508 e. The first-order chi connectivity index (χ1) is 14.0. The van der Waals surface area contributed by atoms with E-state index in [2.05, 4.69) is 34.5 Å². The Morgan fingerprint density at radius 1 is 1.28 bits per heavy atom. The molecule has 1 fully saturated rings. The number of phenolic OH excluding ortho intramolecular Hbond substituents is 1. The molecule has 1 amide bonds.